The number of ketones is 1. The summed E-state index contributed by atoms with van der Waals surface area (Å²) in [5, 5.41) is 0. The summed E-state index contributed by atoms with van der Waals surface area (Å²) in [6.07, 6.45) is 3.16. The first-order valence-electron chi connectivity index (χ1n) is 6.33. The normalized spacial score (nSPS) is 39.1. The molecule has 1 aliphatic heterocycles. The molecule has 1 saturated heterocycles. The Labute approximate surface area is 106 Å². The summed E-state index contributed by atoms with van der Waals surface area (Å²) in [7, 11) is 0. The molecule has 94 valence electrons. The fraction of sp³-hybridized carbons (Fsp3) is 0.467. The van der Waals surface area contributed by atoms with Crippen LogP contribution < -0.4 is 0 Å². The molecule has 3 heteroatoms. The molecular weight excluding hydrogens is 228 g/mol. The van der Waals surface area contributed by atoms with Crippen LogP contribution in [0.25, 0.3) is 0 Å². The van der Waals surface area contributed by atoms with E-state index in [0.29, 0.717) is 11.1 Å². The zero-order valence-corrected chi connectivity index (χ0v) is 10.4. The Morgan fingerprint density at radius 2 is 1.94 bits per heavy atom. The zero-order valence-electron chi connectivity index (χ0n) is 10.4. The molecule has 0 aromatic rings. The third kappa shape index (κ3) is 1.43. The molecule has 3 rings (SSSR count). The van der Waals surface area contributed by atoms with E-state index < -0.39 is 0 Å². The van der Waals surface area contributed by atoms with Crippen molar-refractivity contribution in [3.8, 4) is 0 Å². The quantitative estimate of drug-likeness (QED) is 0.484. The van der Waals surface area contributed by atoms with Crippen LogP contribution in [0.4, 0.5) is 0 Å². The van der Waals surface area contributed by atoms with Gasteiger partial charge in [-0.2, -0.15) is 0 Å². The number of ether oxygens (including phenoxy) is 1. The van der Waals surface area contributed by atoms with E-state index in [4.69, 9.17) is 4.74 Å². The summed E-state index contributed by atoms with van der Waals surface area (Å²) < 4.78 is 5.37. The molecule has 1 saturated carbocycles. The van der Waals surface area contributed by atoms with Crippen LogP contribution in [0.1, 0.15) is 19.8 Å². The minimum atomic E-state index is -0.278. The molecule has 3 aliphatic rings. The van der Waals surface area contributed by atoms with Gasteiger partial charge in [0.15, 0.2) is 5.78 Å². The molecule has 2 fully saturated rings. The summed E-state index contributed by atoms with van der Waals surface area (Å²) in [4.78, 5) is 23.3. The fourth-order valence-corrected chi connectivity index (χ4v) is 3.40. The average molecular weight is 244 g/mol. The molecule has 0 radical (unpaired) electrons. The van der Waals surface area contributed by atoms with Gasteiger partial charge in [0.05, 0.1) is 0 Å². The van der Waals surface area contributed by atoms with Gasteiger partial charge in [0.2, 0.25) is 0 Å². The van der Waals surface area contributed by atoms with E-state index in [1.807, 2.05) is 0 Å². The number of hydrogen-bond acceptors (Lipinski definition) is 3. The second kappa shape index (κ2) is 3.67. The van der Waals surface area contributed by atoms with Gasteiger partial charge in [0, 0.05) is 17.4 Å². The van der Waals surface area contributed by atoms with Gasteiger partial charge in [-0.15, -0.1) is 0 Å². The van der Waals surface area contributed by atoms with Crippen molar-refractivity contribution in [2.75, 3.05) is 0 Å². The summed E-state index contributed by atoms with van der Waals surface area (Å²) in [6, 6.07) is 0. The third-order valence-electron chi connectivity index (χ3n) is 4.50. The van der Waals surface area contributed by atoms with Crippen LogP contribution in [0.3, 0.4) is 0 Å². The topological polar surface area (TPSA) is 43.4 Å². The van der Waals surface area contributed by atoms with Crippen molar-refractivity contribution in [1.82, 2.24) is 0 Å². The van der Waals surface area contributed by atoms with Crippen LogP contribution in [-0.4, -0.2) is 17.9 Å². The maximum atomic E-state index is 11.7. The maximum absolute atomic E-state index is 11.7. The Hall–Kier alpha value is -1.64. The molecule has 0 unspecified atom stereocenters. The predicted octanol–water partition coefficient (Wildman–Crippen LogP) is 2.20. The van der Waals surface area contributed by atoms with E-state index in [1.54, 1.807) is 6.08 Å². The molecule has 0 spiro atoms. The Morgan fingerprint density at radius 3 is 2.67 bits per heavy atom. The van der Waals surface area contributed by atoms with E-state index in [-0.39, 0.29) is 35.6 Å². The lowest BCUT2D eigenvalue weighted by atomic mass is 9.84. The molecule has 0 aromatic carbocycles. The van der Waals surface area contributed by atoms with Gasteiger partial charge in [-0.25, -0.2) is 4.79 Å². The van der Waals surface area contributed by atoms with Crippen molar-refractivity contribution < 1.29 is 14.3 Å². The van der Waals surface area contributed by atoms with E-state index in [2.05, 4.69) is 20.1 Å². The first-order chi connectivity index (χ1) is 8.49. The Balaban J connectivity index is 1.98. The highest BCUT2D eigenvalue weighted by molar-refractivity contribution is 6.07. The first kappa shape index (κ1) is 11.5. The molecule has 0 N–H and O–H groups in total. The fourth-order valence-electron chi connectivity index (χ4n) is 3.40. The monoisotopic (exact) mass is 244 g/mol. The summed E-state index contributed by atoms with van der Waals surface area (Å²) in [5.74, 6) is 0.134. The average Bonchev–Trinajstić information content (AvgIpc) is 2.68. The highest BCUT2D eigenvalue weighted by Crippen LogP contribution is 2.47. The van der Waals surface area contributed by atoms with Gasteiger partial charge in [0.1, 0.15) is 6.10 Å². The lowest BCUT2D eigenvalue weighted by Gasteiger charge is -2.17. The third-order valence-corrected chi connectivity index (χ3v) is 4.50. The molecule has 0 bridgehead atoms. The molecule has 1 heterocycles. The second-order valence-electron chi connectivity index (χ2n) is 5.53. The van der Waals surface area contributed by atoms with Gasteiger partial charge in [-0.1, -0.05) is 25.7 Å². The van der Waals surface area contributed by atoms with Crippen molar-refractivity contribution in [2.24, 2.45) is 17.8 Å². The standard InChI is InChI=1S/C15H16O3/c1-7-4-14-12(9(3)15(17)18-14)5-11-8(2)13(16)6-10(7)11/h6-7,11-12,14H,2-5H2,1H3/t7-,11-,12+,14+/m0/s1. The lowest BCUT2D eigenvalue weighted by Crippen LogP contribution is -2.18. The molecule has 18 heavy (non-hydrogen) atoms. The molecular formula is C15H16O3. The molecule has 2 aliphatic carbocycles. The number of carbonyl (C=O) groups excluding carboxylic acids is 2. The summed E-state index contributed by atoms with van der Waals surface area (Å²) in [6.45, 7) is 9.82. The van der Waals surface area contributed by atoms with Crippen molar-refractivity contribution in [3.63, 3.8) is 0 Å². The minimum absolute atomic E-state index is 0.0381. The summed E-state index contributed by atoms with van der Waals surface area (Å²) in [5.41, 5.74) is 2.37. The van der Waals surface area contributed by atoms with Crippen LogP contribution in [0, 0.1) is 17.8 Å². The number of fused-ring (bicyclic) bond motifs is 2. The van der Waals surface area contributed by atoms with Crippen molar-refractivity contribution in [2.45, 2.75) is 25.9 Å². The maximum Gasteiger partial charge on any atom is 0.334 e. The zero-order chi connectivity index (χ0) is 13.0. The summed E-state index contributed by atoms with van der Waals surface area (Å²) >= 11 is 0. The first-order valence-corrected chi connectivity index (χ1v) is 6.33. The van der Waals surface area contributed by atoms with Crippen LogP contribution in [-0.2, 0) is 14.3 Å². The highest BCUT2D eigenvalue weighted by atomic mass is 16.6. The van der Waals surface area contributed by atoms with Gasteiger partial charge in [0.25, 0.3) is 0 Å². The molecule has 0 aromatic heterocycles. The largest absolute Gasteiger partial charge is 0.458 e. The van der Waals surface area contributed by atoms with Gasteiger partial charge >= 0.3 is 5.97 Å². The van der Waals surface area contributed by atoms with E-state index in [1.165, 1.54) is 0 Å². The smallest absolute Gasteiger partial charge is 0.334 e. The Morgan fingerprint density at radius 1 is 1.22 bits per heavy atom. The Bertz CT molecular complexity index is 512. The number of hydrogen-bond donors (Lipinski definition) is 0. The number of allylic oxidation sites excluding steroid dienone is 3. The number of carbonyl (C=O) groups is 2. The van der Waals surface area contributed by atoms with Crippen LogP contribution in [0.5, 0.6) is 0 Å². The van der Waals surface area contributed by atoms with E-state index in [0.717, 1.165) is 18.4 Å². The number of rotatable bonds is 0. The molecule has 3 nitrogen and oxygen atoms in total. The van der Waals surface area contributed by atoms with Gasteiger partial charge < -0.3 is 4.74 Å². The Kier molecular flexibility index (Phi) is 2.34. The van der Waals surface area contributed by atoms with Gasteiger partial charge in [-0.05, 0) is 30.4 Å². The van der Waals surface area contributed by atoms with Crippen molar-refractivity contribution >= 4 is 11.8 Å². The van der Waals surface area contributed by atoms with E-state index in [9.17, 15) is 9.59 Å². The van der Waals surface area contributed by atoms with Crippen LogP contribution in [0.15, 0.2) is 36.0 Å². The second-order valence-corrected chi connectivity index (χ2v) is 5.53. The van der Waals surface area contributed by atoms with Crippen LogP contribution >= 0.6 is 0 Å². The van der Waals surface area contributed by atoms with Crippen LogP contribution in [0.2, 0.25) is 0 Å². The van der Waals surface area contributed by atoms with Crippen molar-refractivity contribution in [1.29, 1.82) is 0 Å². The molecule has 4 atom stereocenters. The highest BCUT2D eigenvalue weighted by Gasteiger charge is 2.46. The number of esters is 1. The lowest BCUT2D eigenvalue weighted by molar-refractivity contribution is -0.139. The van der Waals surface area contributed by atoms with E-state index >= 15 is 0 Å². The van der Waals surface area contributed by atoms with Crippen molar-refractivity contribution in [3.05, 3.63) is 36.0 Å². The molecule has 0 amide bonds. The SMILES string of the molecule is C=C1C(=O)C=C2[C@H]1C[C@@H]1C(=C)C(=O)O[C@@H]1C[C@@H]2C. The minimum Gasteiger partial charge on any atom is -0.458 e. The van der Waals surface area contributed by atoms with Gasteiger partial charge in [-0.3, -0.25) is 4.79 Å². The predicted molar refractivity (Wildman–Crippen MR) is 66.6 cm³/mol.